The number of hydrogen-bond acceptors (Lipinski definition) is 7. The summed E-state index contributed by atoms with van der Waals surface area (Å²) in [5.41, 5.74) is 3.60. The van der Waals surface area contributed by atoms with E-state index in [-0.39, 0.29) is 36.4 Å². The van der Waals surface area contributed by atoms with E-state index >= 15 is 0 Å². The van der Waals surface area contributed by atoms with Gasteiger partial charge in [-0.2, -0.15) is 0 Å². The number of piperazine rings is 1. The highest BCUT2D eigenvalue weighted by atomic mass is 19.1. The van der Waals surface area contributed by atoms with E-state index in [9.17, 15) is 18.8 Å². The van der Waals surface area contributed by atoms with Gasteiger partial charge in [-0.1, -0.05) is 6.07 Å². The Balaban J connectivity index is 1.21. The number of ether oxygens (including phenoxy) is 1. The second kappa shape index (κ2) is 11.1. The maximum Gasteiger partial charge on any atom is 0.422 e. The second-order valence-corrected chi connectivity index (χ2v) is 11.1. The first-order valence-electron chi connectivity index (χ1n) is 12.9. The fourth-order valence-corrected chi connectivity index (χ4v) is 5.24. The predicted octanol–water partition coefficient (Wildman–Crippen LogP) is 2.62. The normalized spacial score (nSPS) is 21.4. The van der Waals surface area contributed by atoms with Gasteiger partial charge in [0.2, 0.25) is 11.8 Å². The van der Waals surface area contributed by atoms with Crippen LogP contribution in [-0.4, -0.2) is 79.2 Å². The van der Waals surface area contributed by atoms with Gasteiger partial charge in [-0.15, -0.1) is 0 Å². The molecule has 3 heterocycles. The molecule has 1 aromatic rings. The Hall–Kier alpha value is -2.72. The van der Waals surface area contributed by atoms with Crippen LogP contribution in [0.1, 0.15) is 57.9 Å². The summed E-state index contributed by atoms with van der Waals surface area (Å²) in [6.07, 6.45) is 2.02. The van der Waals surface area contributed by atoms with Crippen LogP contribution < -0.4 is 15.6 Å². The third-order valence-corrected chi connectivity index (χ3v) is 7.08. The summed E-state index contributed by atoms with van der Waals surface area (Å²) in [4.78, 5) is 39.8. The molecule has 3 fully saturated rings. The monoisotopic (exact) mass is 503 g/mol. The van der Waals surface area contributed by atoms with Gasteiger partial charge in [-0.3, -0.25) is 25.2 Å². The van der Waals surface area contributed by atoms with E-state index in [0.29, 0.717) is 17.2 Å². The van der Waals surface area contributed by atoms with Gasteiger partial charge in [-0.25, -0.2) is 14.2 Å². The molecule has 3 amide bonds. The molecule has 0 radical (unpaired) electrons. The van der Waals surface area contributed by atoms with Crippen LogP contribution in [0.3, 0.4) is 0 Å². The fourth-order valence-electron chi connectivity index (χ4n) is 5.24. The Morgan fingerprint density at radius 3 is 2.28 bits per heavy atom. The van der Waals surface area contributed by atoms with Crippen LogP contribution in [0.25, 0.3) is 0 Å². The second-order valence-electron chi connectivity index (χ2n) is 11.1. The number of amides is 3. The lowest BCUT2D eigenvalue weighted by Crippen LogP contribution is -2.51. The Labute approximate surface area is 212 Å². The maximum absolute atomic E-state index is 15.0. The van der Waals surface area contributed by atoms with Crippen molar-refractivity contribution in [2.75, 3.05) is 50.7 Å². The Morgan fingerprint density at radius 1 is 1.06 bits per heavy atom. The zero-order valence-electron chi connectivity index (χ0n) is 21.5. The molecular formula is C26H38FN5O4. The summed E-state index contributed by atoms with van der Waals surface area (Å²) < 4.78 is 20.3. The van der Waals surface area contributed by atoms with Crippen molar-refractivity contribution in [1.82, 2.24) is 20.7 Å². The molecule has 3 saturated heterocycles. The van der Waals surface area contributed by atoms with Gasteiger partial charge >= 0.3 is 6.09 Å². The van der Waals surface area contributed by atoms with Crippen molar-refractivity contribution < 1.29 is 23.5 Å². The van der Waals surface area contributed by atoms with Gasteiger partial charge in [0.15, 0.2) is 0 Å². The van der Waals surface area contributed by atoms with Crippen LogP contribution in [0.2, 0.25) is 0 Å². The Bertz CT molecular complexity index is 950. The van der Waals surface area contributed by atoms with Crippen LogP contribution in [0.5, 0.6) is 0 Å². The van der Waals surface area contributed by atoms with Crippen LogP contribution in [0.15, 0.2) is 18.2 Å². The zero-order valence-corrected chi connectivity index (χ0v) is 21.5. The Kier molecular flexibility index (Phi) is 8.14. The smallest absolute Gasteiger partial charge is 0.422 e. The molecule has 3 aliphatic rings. The number of benzene rings is 1. The quantitative estimate of drug-likeness (QED) is 0.597. The average Bonchev–Trinajstić information content (AvgIpc) is 2.79. The van der Waals surface area contributed by atoms with Crippen molar-refractivity contribution in [3.8, 4) is 0 Å². The maximum atomic E-state index is 15.0. The number of rotatable bonds is 5. The predicted molar refractivity (Wildman–Crippen MR) is 134 cm³/mol. The molecule has 10 heteroatoms. The standard InChI is InChI=1S/C26H38FN5O4/c1-26(2,3)36-25(35)29-32-8-6-18(7-9-32)17-30-10-12-31(13-11-30)22-5-4-19(14-21(22)27)20-15-23(33)28-24(34)16-20/h4-5,14,18,20H,6-13,15-17H2,1-3H3,(H,29,35)(H,28,33,34). The number of carbonyl (C=O) groups is 3. The number of imide groups is 1. The molecule has 2 N–H and O–H groups in total. The largest absolute Gasteiger partial charge is 0.443 e. The molecule has 36 heavy (non-hydrogen) atoms. The molecule has 3 aliphatic heterocycles. The molecule has 1 aromatic carbocycles. The number of hydrazine groups is 1. The number of nitrogens with zero attached hydrogens (tertiary/aromatic N) is 3. The highest BCUT2D eigenvalue weighted by Crippen LogP contribution is 2.30. The van der Waals surface area contributed by atoms with Crippen molar-refractivity contribution >= 4 is 23.6 Å². The van der Waals surface area contributed by atoms with Gasteiger partial charge in [0, 0.05) is 64.6 Å². The number of halogens is 1. The van der Waals surface area contributed by atoms with E-state index in [1.807, 2.05) is 31.8 Å². The third-order valence-electron chi connectivity index (χ3n) is 7.08. The summed E-state index contributed by atoms with van der Waals surface area (Å²) in [6, 6.07) is 5.11. The lowest BCUT2D eigenvalue weighted by Gasteiger charge is -2.39. The number of hydrogen-bond donors (Lipinski definition) is 2. The van der Waals surface area contributed by atoms with Crippen LogP contribution in [0, 0.1) is 11.7 Å². The third kappa shape index (κ3) is 7.16. The van der Waals surface area contributed by atoms with E-state index in [0.717, 1.165) is 58.7 Å². The lowest BCUT2D eigenvalue weighted by atomic mass is 9.89. The van der Waals surface area contributed by atoms with Crippen molar-refractivity contribution in [2.45, 2.75) is 58.0 Å². The minimum absolute atomic E-state index is 0.208. The van der Waals surface area contributed by atoms with Gasteiger partial charge < -0.3 is 9.64 Å². The van der Waals surface area contributed by atoms with Crippen molar-refractivity contribution in [3.05, 3.63) is 29.6 Å². The highest BCUT2D eigenvalue weighted by Gasteiger charge is 2.29. The zero-order chi connectivity index (χ0) is 25.9. The summed E-state index contributed by atoms with van der Waals surface area (Å²) >= 11 is 0. The van der Waals surface area contributed by atoms with E-state index in [1.165, 1.54) is 6.07 Å². The minimum Gasteiger partial charge on any atom is -0.443 e. The van der Waals surface area contributed by atoms with Crippen molar-refractivity contribution in [3.63, 3.8) is 0 Å². The summed E-state index contributed by atoms with van der Waals surface area (Å²) in [6.45, 7) is 11.4. The molecule has 0 bridgehead atoms. The Morgan fingerprint density at radius 2 is 1.69 bits per heavy atom. The first-order chi connectivity index (χ1) is 17.1. The summed E-state index contributed by atoms with van der Waals surface area (Å²) in [5, 5.41) is 4.23. The van der Waals surface area contributed by atoms with Gasteiger partial charge in [0.1, 0.15) is 11.4 Å². The number of piperidine rings is 2. The van der Waals surface area contributed by atoms with E-state index in [1.54, 1.807) is 6.07 Å². The van der Waals surface area contributed by atoms with E-state index in [4.69, 9.17) is 4.74 Å². The fraction of sp³-hybridized carbons (Fsp3) is 0.654. The van der Waals surface area contributed by atoms with Crippen molar-refractivity contribution in [1.29, 1.82) is 0 Å². The number of anilines is 1. The molecule has 4 rings (SSSR count). The van der Waals surface area contributed by atoms with Crippen LogP contribution in [0.4, 0.5) is 14.9 Å². The van der Waals surface area contributed by atoms with E-state index < -0.39 is 11.7 Å². The number of carbonyl (C=O) groups excluding carboxylic acids is 3. The topological polar surface area (TPSA) is 94.2 Å². The average molecular weight is 504 g/mol. The first kappa shape index (κ1) is 26.3. The molecule has 9 nitrogen and oxygen atoms in total. The molecule has 0 aliphatic carbocycles. The molecule has 0 unspecified atom stereocenters. The van der Waals surface area contributed by atoms with E-state index in [2.05, 4.69) is 20.5 Å². The lowest BCUT2D eigenvalue weighted by molar-refractivity contribution is -0.133. The van der Waals surface area contributed by atoms with Gasteiger partial charge in [0.05, 0.1) is 5.69 Å². The van der Waals surface area contributed by atoms with Crippen molar-refractivity contribution in [2.24, 2.45) is 5.92 Å². The minimum atomic E-state index is -0.510. The number of nitrogens with one attached hydrogen (secondary N) is 2. The molecule has 0 atom stereocenters. The molecule has 198 valence electrons. The summed E-state index contributed by atoms with van der Waals surface area (Å²) in [7, 11) is 0. The van der Waals surface area contributed by atoms with Crippen LogP contribution in [-0.2, 0) is 14.3 Å². The molecule has 0 saturated carbocycles. The SMILES string of the molecule is CC(C)(C)OC(=O)NN1CCC(CN2CCN(c3ccc(C4CC(=O)NC(=O)C4)cc3F)CC2)CC1. The molecule has 0 aromatic heterocycles. The summed E-state index contributed by atoms with van der Waals surface area (Å²) in [5.74, 6) is -0.607. The molecule has 0 spiro atoms. The van der Waals surface area contributed by atoms with Gasteiger partial charge in [0.25, 0.3) is 0 Å². The van der Waals surface area contributed by atoms with Gasteiger partial charge in [-0.05, 0) is 57.2 Å². The molecular weight excluding hydrogens is 465 g/mol. The highest BCUT2D eigenvalue weighted by molar-refractivity contribution is 5.98. The van der Waals surface area contributed by atoms with Crippen LogP contribution >= 0.6 is 0 Å². The first-order valence-corrected chi connectivity index (χ1v) is 12.9.